The van der Waals surface area contributed by atoms with Crippen molar-refractivity contribution < 1.29 is 24.1 Å². The normalized spacial score (nSPS) is 9.72. The maximum absolute atomic E-state index is 11.4. The molecule has 0 aliphatic rings. The van der Waals surface area contributed by atoms with Gasteiger partial charge in [-0.2, -0.15) is 0 Å². The Bertz CT molecular complexity index is 394. The highest BCUT2D eigenvalue weighted by atomic mass is 16.6. The summed E-state index contributed by atoms with van der Waals surface area (Å²) in [4.78, 5) is 11.4. The summed E-state index contributed by atoms with van der Waals surface area (Å²) in [5.41, 5.74) is 0. The van der Waals surface area contributed by atoms with Crippen molar-refractivity contribution in [1.82, 2.24) is 5.32 Å². The summed E-state index contributed by atoms with van der Waals surface area (Å²) < 4.78 is 15.3. The standard InChI is InChI=1S/C12H17NO5/c1-16-9-5-3-6-10(11(9)17-2)18-12(15)13-7-4-8-14/h3,5-6,14H,4,7-8H2,1-2H3,(H,13,15). The Morgan fingerprint density at radius 2 is 2.00 bits per heavy atom. The maximum Gasteiger partial charge on any atom is 0.412 e. The van der Waals surface area contributed by atoms with E-state index in [9.17, 15) is 4.79 Å². The van der Waals surface area contributed by atoms with Crippen molar-refractivity contribution in [3.05, 3.63) is 18.2 Å². The first-order valence-corrected chi connectivity index (χ1v) is 5.50. The largest absolute Gasteiger partial charge is 0.493 e. The maximum atomic E-state index is 11.4. The number of hydrogen-bond acceptors (Lipinski definition) is 5. The van der Waals surface area contributed by atoms with Crippen molar-refractivity contribution in [2.45, 2.75) is 6.42 Å². The van der Waals surface area contributed by atoms with E-state index in [0.717, 1.165) is 0 Å². The minimum atomic E-state index is -0.602. The number of methoxy groups -OCH3 is 2. The molecule has 0 aliphatic heterocycles. The number of para-hydroxylation sites is 1. The van der Waals surface area contributed by atoms with E-state index in [1.807, 2.05) is 0 Å². The minimum Gasteiger partial charge on any atom is -0.493 e. The lowest BCUT2D eigenvalue weighted by Crippen LogP contribution is -2.28. The first kappa shape index (κ1) is 14.1. The number of aliphatic hydroxyl groups excluding tert-OH is 1. The van der Waals surface area contributed by atoms with Crippen LogP contribution >= 0.6 is 0 Å². The van der Waals surface area contributed by atoms with E-state index in [-0.39, 0.29) is 12.4 Å². The van der Waals surface area contributed by atoms with Gasteiger partial charge in [-0.25, -0.2) is 4.79 Å². The second kappa shape index (κ2) is 7.39. The Labute approximate surface area is 105 Å². The zero-order valence-electron chi connectivity index (χ0n) is 10.4. The van der Waals surface area contributed by atoms with Crippen LogP contribution in [-0.2, 0) is 0 Å². The van der Waals surface area contributed by atoms with Crippen LogP contribution in [0.15, 0.2) is 18.2 Å². The average molecular weight is 255 g/mol. The van der Waals surface area contributed by atoms with Crippen molar-refractivity contribution in [2.24, 2.45) is 0 Å². The van der Waals surface area contributed by atoms with Gasteiger partial charge in [0.05, 0.1) is 14.2 Å². The molecule has 1 aromatic carbocycles. The summed E-state index contributed by atoms with van der Waals surface area (Å²) in [5, 5.41) is 11.1. The lowest BCUT2D eigenvalue weighted by molar-refractivity contribution is 0.196. The van der Waals surface area contributed by atoms with Crippen LogP contribution in [0.25, 0.3) is 0 Å². The van der Waals surface area contributed by atoms with Crippen molar-refractivity contribution >= 4 is 6.09 Å². The van der Waals surface area contributed by atoms with Gasteiger partial charge in [0.15, 0.2) is 11.5 Å². The third-order valence-electron chi connectivity index (χ3n) is 2.17. The van der Waals surface area contributed by atoms with Crippen LogP contribution in [0.3, 0.4) is 0 Å². The van der Waals surface area contributed by atoms with Crippen LogP contribution in [-0.4, -0.2) is 38.6 Å². The van der Waals surface area contributed by atoms with Crippen LogP contribution in [0.5, 0.6) is 17.2 Å². The number of carbonyl (C=O) groups excluding carboxylic acids is 1. The van der Waals surface area contributed by atoms with E-state index in [4.69, 9.17) is 19.3 Å². The molecule has 1 aromatic rings. The molecular weight excluding hydrogens is 238 g/mol. The summed E-state index contributed by atoms with van der Waals surface area (Å²) in [6, 6.07) is 5.00. The third-order valence-corrected chi connectivity index (χ3v) is 2.17. The number of hydrogen-bond donors (Lipinski definition) is 2. The quantitative estimate of drug-likeness (QED) is 0.746. The number of amides is 1. The summed E-state index contributed by atoms with van der Waals surface area (Å²) in [7, 11) is 2.97. The molecule has 0 fully saturated rings. The van der Waals surface area contributed by atoms with Gasteiger partial charge in [-0.1, -0.05) is 6.07 Å². The fourth-order valence-corrected chi connectivity index (χ4v) is 1.34. The highest BCUT2D eigenvalue weighted by Crippen LogP contribution is 2.36. The number of aliphatic hydroxyl groups is 1. The van der Waals surface area contributed by atoms with Crippen LogP contribution < -0.4 is 19.5 Å². The highest BCUT2D eigenvalue weighted by Gasteiger charge is 2.13. The Balaban J connectivity index is 2.68. The predicted molar refractivity (Wildman–Crippen MR) is 65.3 cm³/mol. The molecule has 6 nitrogen and oxygen atoms in total. The van der Waals surface area contributed by atoms with Crippen molar-refractivity contribution in [3.8, 4) is 17.2 Å². The monoisotopic (exact) mass is 255 g/mol. The molecule has 1 rings (SSSR count). The van der Waals surface area contributed by atoms with E-state index in [1.165, 1.54) is 14.2 Å². The highest BCUT2D eigenvalue weighted by molar-refractivity contribution is 5.72. The number of rotatable bonds is 6. The summed E-state index contributed by atoms with van der Waals surface area (Å²) in [6.07, 6.45) is -0.125. The molecule has 1 amide bonds. The van der Waals surface area contributed by atoms with Crippen LogP contribution in [0.2, 0.25) is 0 Å². The fourth-order valence-electron chi connectivity index (χ4n) is 1.34. The second-order valence-corrected chi connectivity index (χ2v) is 3.39. The van der Waals surface area contributed by atoms with Gasteiger partial charge >= 0.3 is 6.09 Å². The van der Waals surface area contributed by atoms with Gasteiger partial charge in [-0.05, 0) is 18.6 Å². The topological polar surface area (TPSA) is 77.0 Å². The first-order chi connectivity index (χ1) is 8.72. The summed E-state index contributed by atoms with van der Waals surface area (Å²) in [6.45, 7) is 0.365. The predicted octanol–water partition coefficient (Wildman–Crippen LogP) is 1.17. The molecule has 100 valence electrons. The molecule has 0 atom stereocenters. The zero-order chi connectivity index (χ0) is 13.4. The lowest BCUT2D eigenvalue weighted by atomic mass is 10.3. The Morgan fingerprint density at radius 1 is 1.28 bits per heavy atom. The van der Waals surface area contributed by atoms with Gasteiger partial charge in [-0.3, -0.25) is 0 Å². The van der Waals surface area contributed by atoms with Gasteiger partial charge in [0, 0.05) is 13.2 Å². The second-order valence-electron chi connectivity index (χ2n) is 3.39. The van der Waals surface area contributed by atoms with E-state index in [1.54, 1.807) is 18.2 Å². The molecule has 18 heavy (non-hydrogen) atoms. The van der Waals surface area contributed by atoms with E-state index >= 15 is 0 Å². The molecular formula is C12H17NO5. The van der Waals surface area contributed by atoms with Gasteiger partial charge in [0.25, 0.3) is 0 Å². The molecule has 0 heterocycles. The zero-order valence-corrected chi connectivity index (χ0v) is 10.4. The average Bonchev–Trinajstić information content (AvgIpc) is 2.38. The Kier molecular flexibility index (Phi) is 5.79. The number of nitrogens with one attached hydrogen (secondary N) is 1. The molecule has 0 unspecified atom stereocenters. The number of carbonyl (C=O) groups is 1. The number of ether oxygens (including phenoxy) is 3. The number of benzene rings is 1. The van der Waals surface area contributed by atoms with Gasteiger partial charge < -0.3 is 24.6 Å². The molecule has 0 radical (unpaired) electrons. The van der Waals surface area contributed by atoms with E-state index < -0.39 is 6.09 Å². The molecule has 0 saturated heterocycles. The minimum absolute atomic E-state index is 0.0166. The molecule has 0 saturated carbocycles. The Morgan fingerprint density at radius 3 is 2.61 bits per heavy atom. The van der Waals surface area contributed by atoms with Gasteiger partial charge in [0.1, 0.15) is 0 Å². The smallest absolute Gasteiger partial charge is 0.412 e. The summed E-state index contributed by atoms with van der Waals surface area (Å²) >= 11 is 0. The van der Waals surface area contributed by atoms with E-state index in [0.29, 0.717) is 24.5 Å². The molecule has 0 spiro atoms. The van der Waals surface area contributed by atoms with Crippen molar-refractivity contribution in [2.75, 3.05) is 27.4 Å². The Hall–Kier alpha value is -1.95. The fraction of sp³-hybridized carbons (Fsp3) is 0.417. The molecule has 0 aliphatic carbocycles. The van der Waals surface area contributed by atoms with E-state index in [2.05, 4.69) is 5.32 Å². The summed E-state index contributed by atoms with van der Waals surface area (Å²) in [5.74, 6) is 1.12. The van der Waals surface area contributed by atoms with Crippen LogP contribution in [0.1, 0.15) is 6.42 Å². The molecule has 0 aromatic heterocycles. The SMILES string of the molecule is COc1cccc(OC(=O)NCCCO)c1OC. The van der Waals surface area contributed by atoms with Gasteiger partial charge in [-0.15, -0.1) is 0 Å². The molecule has 2 N–H and O–H groups in total. The van der Waals surface area contributed by atoms with Crippen LogP contribution in [0, 0.1) is 0 Å². The molecule has 6 heteroatoms. The molecule has 0 bridgehead atoms. The lowest BCUT2D eigenvalue weighted by Gasteiger charge is -2.12. The first-order valence-electron chi connectivity index (χ1n) is 5.50. The van der Waals surface area contributed by atoms with Crippen LogP contribution in [0.4, 0.5) is 4.79 Å². The third kappa shape index (κ3) is 3.81. The van der Waals surface area contributed by atoms with Crippen molar-refractivity contribution in [3.63, 3.8) is 0 Å². The van der Waals surface area contributed by atoms with Gasteiger partial charge in [0.2, 0.25) is 5.75 Å². The van der Waals surface area contributed by atoms with Crippen molar-refractivity contribution in [1.29, 1.82) is 0 Å².